The largest absolute Gasteiger partial charge is 0.395 e. The van der Waals surface area contributed by atoms with Crippen molar-refractivity contribution in [2.45, 2.75) is 39.2 Å². The Bertz CT molecular complexity index is 162. The number of amides is 1. The van der Waals surface area contributed by atoms with E-state index in [4.69, 9.17) is 16.7 Å². The number of unbranched alkanes of at least 4 members (excludes halogenated alkanes) is 1. The van der Waals surface area contributed by atoms with Gasteiger partial charge in [0.05, 0.1) is 6.61 Å². The highest BCUT2D eigenvalue weighted by atomic mass is 35.5. The Kier molecular flexibility index (Phi) is 7.90. The molecule has 4 heteroatoms. The van der Waals surface area contributed by atoms with Crippen molar-refractivity contribution >= 4 is 17.5 Å². The van der Waals surface area contributed by atoms with Crippen molar-refractivity contribution in [2.24, 2.45) is 0 Å². The third kappa shape index (κ3) is 5.45. The van der Waals surface area contributed by atoms with E-state index in [-0.39, 0.29) is 18.6 Å². The van der Waals surface area contributed by atoms with Crippen LogP contribution in [0, 0.1) is 0 Å². The molecule has 0 aliphatic carbocycles. The number of aliphatic hydroxyl groups is 1. The first-order valence-electron chi connectivity index (χ1n) is 5.09. The van der Waals surface area contributed by atoms with Gasteiger partial charge in [0.15, 0.2) is 0 Å². The van der Waals surface area contributed by atoms with Gasteiger partial charge in [-0.3, -0.25) is 4.79 Å². The first kappa shape index (κ1) is 13.7. The van der Waals surface area contributed by atoms with Crippen LogP contribution in [0.2, 0.25) is 0 Å². The van der Waals surface area contributed by atoms with Crippen LogP contribution in [0.3, 0.4) is 0 Å². The summed E-state index contributed by atoms with van der Waals surface area (Å²) in [7, 11) is 0. The van der Waals surface area contributed by atoms with Gasteiger partial charge < -0.3 is 10.0 Å². The van der Waals surface area contributed by atoms with Crippen LogP contribution in [-0.2, 0) is 4.79 Å². The van der Waals surface area contributed by atoms with Gasteiger partial charge in [0, 0.05) is 24.9 Å². The van der Waals surface area contributed by atoms with E-state index in [0.29, 0.717) is 18.8 Å². The molecule has 0 aromatic rings. The molecule has 0 aromatic carbocycles. The lowest BCUT2D eigenvalue weighted by atomic mass is 10.2. The Morgan fingerprint density at radius 3 is 2.50 bits per heavy atom. The number of nitrogens with zero attached hydrogens (tertiary/aromatic N) is 1. The average molecular weight is 222 g/mol. The van der Waals surface area contributed by atoms with Crippen molar-refractivity contribution in [1.29, 1.82) is 0 Å². The van der Waals surface area contributed by atoms with Gasteiger partial charge in [-0.1, -0.05) is 0 Å². The van der Waals surface area contributed by atoms with E-state index in [1.807, 2.05) is 13.8 Å². The number of halogens is 1. The van der Waals surface area contributed by atoms with Gasteiger partial charge in [0.2, 0.25) is 5.91 Å². The minimum absolute atomic E-state index is 0.0272. The second-order valence-corrected chi connectivity index (χ2v) is 3.93. The molecule has 0 saturated heterocycles. The van der Waals surface area contributed by atoms with E-state index in [1.165, 1.54) is 0 Å². The van der Waals surface area contributed by atoms with Crippen molar-refractivity contribution in [3.8, 4) is 0 Å². The monoisotopic (exact) mass is 221 g/mol. The van der Waals surface area contributed by atoms with E-state index in [1.54, 1.807) is 4.90 Å². The lowest BCUT2D eigenvalue weighted by Gasteiger charge is -2.25. The zero-order valence-corrected chi connectivity index (χ0v) is 9.76. The summed E-state index contributed by atoms with van der Waals surface area (Å²) in [5.74, 6) is 0.716. The molecule has 3 nitrogen and oxygen atoms in total. The molecule has 0 atom stereocenters. The third-order valence-electron chi connectivity index (χ3n) is 2.06. The molecule has 0 aromatic heterocycles. The maximum Gasteiger partial charge on any atom is 0.222 e. The predicted molar refractivity (Wildman–Crippen MR) is 58.5 cm³/mol. The van der Waals surface area contributed by atoms with Crippen molar-refractivity contribution in [2.75, 3.05) is 19.0 Å². The zero-order chi connectivity index (χ0) is 11.0. The van der Waals surface area contributed by atoms with Crippen LogP contribution in [0.25, 0.3) is 0 Å². The Labute approximate surface area is 91.0 Å². The standard InChI is InChI=1S/C10H20ClNO2/c1-9(2)12(7-8-13)10(14)5-3-4-6-11/h9,13H,3-8H2,1-2H3. The summed E-state index contributed by atoms with van der Waals surface area (Å²) in [6, 6.07) is 0.158. The number of carbonyl (C=O) groups excluding carboxylic acids is 1. The molecule has 0 aliphatic heterocycles. The van der Waals surface area contributed by atoms with Crippen LogP contribution in [0.15, 0.2) is 0 Å². The number of aliphatic hydroxyl groups excluding tert-OH is 1. The summed E-state index contributed by atoms with van der Waals surface area (Å²) in [6.45, 7) is 4.36. The summed E-state index contributed by atoms with van der Waals surface area (Å²) in [5, 5.41) is 8.79. The molecule has 0 unspecified atom stereocenters. The molecule has 0 fully saturated rings. The second kappa shape index (κ2) is 8.06. The average Bonchev–Trinajstić information content (AvgIpc) is 2.13. The van der Waals surface area contributed by atoms with Crippen molar-refractivity contribution in [1.82, 2.24) is 4.90 Å². The van der Waals surface area contributed by atoms with Gasteiger partial charge in [-0.05, 0) is 26.7 Å². The third-order valence-corrected chi connectivity index (χ3v) is 2.33. The summed E-state index contributed by atoms with van der Waals surface area (Å²) < 4.78 is 0. The highest BCUT2D eigenvalue weighted by molar-refractivity contribution is 6.17. The maximum atomic E-state index is 11.6. The van der Waals surface area contributed by atoms with Gasteiger partial charge in [-0.25, -0.2) is 0 Å². The fourth-order valence-electron chi connectivity index (χ4n) is 1.29. The molecule has 0 heterocycles. The molecule has 1 N–H and O–H groups in total. The van der Waals surface area contributed by atoms with E-state index in [2.05, 4.69) is 0 Å². The smallest absolute Gasteiger partial charge is 0.222 e. The molecule has 1 amide bonds. The van der Waals surface area contributed by atoms with E-state index < -0.39 is 0 Å². The van der Waals surface area contributed by atoms with Crippen LogP contribution in [0.4, 0.5) is 0 Å². The van der Waals surface area contributed by atoms with Crippen LogP contribution in [0.1, 0.15) is 33.1 Å². The number of carbonyl (C=O) groups is 1. The lowest BCUT2D eigenvalue weighted by Crippen LogP contribution is -2.38. The second-order valence-electron chi connectivity index (χ2n) is 3.55. The van der Waals surface area contributed by atoms with Gasteiger partial charge in [-0.15, -0.1) is 11.6 Å². The van der Waals surface area contributed by atoms with Gasteiger partial charge in [-0.2, -0.15) is 0 Å². The highest BCUT2D eigenvalue weighted by Crippen LogP contribution is 2.05. The van der Waals surface area contributed by atoms with Gasteiger partial charge in [0.25, 0.3) is 0 Å². The minimum atomic E-state index is 0.0272. The van der Waals surface area contributed by atoms with Crippen molar-refractivity contribution in [3.63, 3.8) is 0 Å². The van der Waals surface area contributed by atoms with Gasteiger partial charge >= 0.3 is 0 Å². The van der Waals surface area contributed by atoms with Gasteiger partial charge in [0.1, 0.15) is 0 Å². The normalized spacial score (nSPS) is 10.6. The van der Waals surface area contributed by atoms with Crippen LogP contribution < -0.4 is 0 Å². The fourth-order valence-corrected chi connectivity index (χ4v) is 1.48. The molecule has 0 saturated carbocycles. The first-order valence-corrected chi connectivity index (χ1v) is 5.63. The summed E-state index contributed by atoms with van der Waals surface area (Å²) in [5.41, 5.74) is 0. The summed E-state index contributed by atoms with van der Waals surface area (Å²) >= 11 is 5.52. The predicted octanol–water partition coefficient (Wildman–Crippen LogP) is 1.62. The molecule has 14 heavy (non-hydrogen) atoms. The molecule has 0 spiro atoms. The van der Waals surface area contributed by atoms with Crippen molar-refractivity contribution in [3.05, 3.63) is 0 Å². The van der Waals surface area contributed by atoms with E-state index >= 15 is 0 Å². The molecule has 0 aliphatic rings. The number of alkyl halides is 1. The molecular weight excluding hydrogens is 202 g/mol. The van der Waals surface area contributed by atoms with Crippen LogP contribution in [0.5, 0.6) is 0 Å². The SMILES string of the molecule is CC(C)N(CCO)C(=O)CCCCCl. The van der Waals surface area contributed by atoms with Crippen LogP contribution >= 0.6 is 11.6 Å². The highest BCUT2D eigenvalue weighted by Gasteiger charge is 2.15. The molecule has 0 radical (unpaired) electrons. The fraction of sp³-hybridized carbons (Fsp3) is 0.900. The zero-order valence-electron chi connectivity index (χ0n) is 9.00. The lowest BCUT2D eigenvalue weighted by molar-refractivity contribution is -0.133. The quantitative estimate of drug-likeness (QED) is 0.524. The number of hydrogen-bond acceptors (Lipinski definition) is 2. The van der Waals surface area contributed by atoms with E-state index in [9.17, 15) is 4.79 Å². The van der Waals surface area contributed by atoms with Crippen LogP contribution in [-0.4, -0.2) is 41.0 Å². The minimum Gasteiger partial charge on any atom is -0.395 e. The van der Waals surface area contributed by atoms with Crippen molar-refractivity contribution < 1.29 is 9.90 Å². The summed E-state index contributed by atoms with van der Waals surface area (Å²) in [6.07, 6.45) is 2.24. The number of hydrogen-bond donors (Lipinski definition) is 1. The number of rotatable bonds is 7. The Morgan fingerprint density at radius 1 is 1.43 bits per heavy atom. The molecule has 0 rings (SSSR count). The molecule has 84 valence electrons. The molecular formula is C10H20ClNO2. The topological polar surface area (TPSA) is 40.5 Å². The molecule has 0 bridgehead atoms. The summed E-state index contributed by atoms with van der Waals surface area (Å²) in [4.78, 5) is 13.3. The Morgan fingerprint density at radius 2 is 2.07 bits per heavy atom. The Balaban J connectivity index is 3.89. The van der Waals surface area contributed by atoms with E-state index in [0.717, 1.165) is 12.8 Å². The first-order chi connectivity index (χ1) is 6.63. The maximum absolute atomic E-state index is 11.6. The Hall–Kier alpha value is -0.280.